The summed E-state index contributed by atoms with van der Waals surface area (Å²) in [7, 11) is 2.28. The number of benzene rings is 1. The van der Waals surface area contributed by atoms with E-state index < -0.39 is 0 Å². The van der Waals surface area contributed by atoms with Crippen LogP contribution in [0.5, 0.6) is 0 Å². The fourth-order valence-electron chi connectivity index (χ4n) is 3.86. The Balaban J connectivity index is 1.62. The molecule has 2 fully saturated rings. The van der Waals surface area contributed by atoms with E-state index in [0.717, 1.165) is 23.5 Å². The SMILES string of the molecule is CN1C2CCC1CC(C(N)Cc1ccc(Cl)cc1)C2. The maximum atomic E-state index is 6.46. The number of piperidine rings is 1. The Bertz CT molecular complexity index is 417. The lowest BCUT2D eigenvalue weighted by Crippen LogP contribution is -2.46. The van der Waals surface area contributed by atoms with Crippen LogP contribution in [0.15, 0.2) is 24.3 Å². The average molecular weight is 279 g/mol. The third-order valence-corrected chi connectivity index (χ3v) is 5.38. The summed E-state index contributed by atoms with van der Waals surface area (Å²) < 4.78 is 0. The maximum Gasteiger partial charge on any atom is 0.0406 e. The summed E-state index contributed by atoms with van der Waals surface area (Å²) in [5, 5.41) is 0.801. The van der Waals surface area contributed by atoms with E-state index in [4.69, 9.17) is 17.3 Å². The lowest BCUT2D eigenvalue weighted by molar-refractivity contribution is 0.120. The molecule has 104 valence electrons. The van der Waals surface area contributed by atoms with Gasteiger partial charge < -0.3 is 10.6 Å². The molecule has 2 aliphatic heterocycles. The number of fused-ring (bicyclic) bond motifs is 2. The van der Waals surface area contributed by atoms with Crippen molar-refractivity contribution in [3.63, 3.8) is 0 Å². The van der Waals surface area contributed by atoms with Gasteiger partial charge in [0.25, 0.3) is 0 Å². The van der Waals surface area contributed by atoms with E-state index in [0.29, 0.717) is 5.92 Å². The summed E-state index contributed by atoms with van der Waals surface area (Å²) in [4.78, 5) is 2.57. The van der Waals surface area contributed by atoms with Crippen LogP contribution >= 0.6 is 11.6 Å². The predicted molar refractivity (Wildman–Crippen MR) is 80.4 cm³/mol. The Hall–Kier alpha value is -0.570. The molecule has 2 bridgehead atoms. The van der Waals surface area contributed by atoms with Crippen molar-refractivity contribution in [3.05, 3.63) is 34.9 Å². The van der Waals surface area contributed by atoms with Crippen LogP contribution in [0.25, 0.3) is 0 Å². The molecule has 0 saturated carbocycles. The van der Waals surface area contributed by atoms with Gasteiger partial charge in [0.05, 0.1) is 0 Å². The third kappa shape index (κ3) is 2.81. The van der Waals surface area contributed by atoms with Gasteiger partial charge in [-0.05, 0) is 62.8 Å². The molecule has 19 heavy (non-hydrogen) atoms. The molecule has 0 radical (unpaired) electrons. The summed E-state index contributed by atoms with van der Waals surface area (Å²) in [5.74, 6) is 0.685. The first-order valence-corrected chi connectivity index (χ1v) is 7.73. The molecule has 0 spiro atoms. The van der Waals surface area contributed by atoms with Crippen molar-refractivity contribution >= 4 is 11.6 Å². The Morgan fingerprint density at radius 2 is 1.79 bits per heavy atom. The highest BCUT2D eigenvalue weighted by Gasteiger charge is 2.40. The fourth-order valence-corrected chi connectivity index (χ4v) is 3.99. The minimum absolute atomic E-state index is 0.290. The Labute approximate surface area is 120 Å². The van der Waals surface area contributed by atoms with Gasteiger partial charge in [0.2, 0.25) is 0 Å². The van der Waals surface area contributed by atoms with Crippen molar-refractivity contribution in [2.45, 2.75) is 50.2 Å². The molecule has 3 rings (SSSR count). The van der Waals surface area contributed by atoms with Crippen molar-refractivity contribution in [1.29, 1.82) is 0 Å². The van der Waals surface area contributed by atoms with Gasteiger partial charge in [-0.1, -0.05) is 23.7 Å². The zero-order valence-electron chi connectivity index (χ0n) is 11.6. The Kier molecular flexibility index (Phi) is 3.84. The van der Waals surface area contributed by atoms with Crippen molar-refractivity contribution in [1.82, 2.24) is 4.90 Å². The average Bonchev–Trinajstić information content (AvgIpc) is 2.64. The van der Waals surface area contributed by atoms with E-state index in [-0.39, 0.29) is 6.04 Å². The lowest BCUT2D eigenvalue weighted by Gasteiger charge is -2.38. The molecule has 0 aliphatic carbocycles. The molecule has 2 saturated heterocycles. The summed E-state index contributed by atoms with van der Waals surface area (Å²) in [6.07, 6.45) is 6.27. The zero-order chi connectivity index (χ0) is 13.4. The second kappa shape index (κ2) is 5.43. The van der Waals surface area contributed by atoms with Gasteiger partial charge in [0.1, 0.15) is 0 Å². The first-order chi connectivity index (χ1) is 9.13. The molecular weight excluding hydrogens is 256 g/mol. The summed E-state index contributed by atoms with van der Waals surface area (Å²) >= 11 is 5.92. The molecule has 0 aromatic heterocycles. The van der Waals surface area contributed by atoms with Crippen LogP contribution in [-0.2, 0) is 6.42 Å². The minimum Gasteiger partial charge on any atom is -0.327 e. The first-order valence-electron chi connectivity index (χ1n) is 7.35. The number of nitrogens with zero attached hydrogens (tertiary/aromatic N) is 1. The monoisotopic (exact) mass is 278 g/mol. The molecule has 2 nitrogen and oxygen atoms in total. The largest absolute Gasteiger partial charge is 0.327 e. The molecule has 1 aromatic carbocycles. The van der Waals surface area contributed by atoms with E-state index in [2.05, 4.69) is 24.1 Å². The van der Waals surface area contributed by atoms with Crippen LogP contribution in [0.3, 0.4) is 0 Å². The molecular formula is C16H23ClN2. The van der Waals surface area contributed by atoms with Gasteiger partial charge in [-0.3, -0.25) is 0 Å². The van der Waals surface area contributed by atoms with Crippen LogP contribution < -0.4 is 5.73 Å². The highest BCUT2D eigenvalue weighted by molar-refractivity contribution is 6.30. The number of nitrogens with two attached hydrogens (primary N) is 1. The molecule has 2 aliphatic rings. The van der Waals surface area contributed by atoms with Gasteiger partial charge in [0, 0.05) is 23.1 Å². The van der Waals surface area contributed by atoms with Crippen LogP contribution in [0.4, 0.5) is 0 Å². The van der Waals surface area contributed by atoms with Gasteiger partial charge in [-0.15, -0.1) is 0 Å². The normalized spacial score (nSPS) is 32.5. The van der Waals surface area contributed by atoms with Crippen LogP contribution in [-0.4, -0.2) is 30.1 Å². The summed E-state index contributed by atoms with van der Waals surface area (Å²) in [6, 6.07) is 9.97. The van der Waals surface area contributed by atoms with E-state index in [1.165, 1.54) is 31.2 Å². The molecule has 1 aromatic rings. The van der Waals surface area contributed by atoms with Gasteiger partial charge in [-0.2, -0.15) is 0 Å². The van der Waals surface area contributed by atoms with Crippen molar-refractivity contribution in [3.8, 4) is 0 Å². The maximum absolute atomic E-state index is 6.46. The van der Waals surface area contributed by atoms with Crippen molar-refractivity contribution < 1.29 is 0 Å². The van der Waals surface area contributed by atoms with E-state index in [1.54, 1.807) is 0 Å². The number of rotatable bonds is 3. The van der Waals surface area contributed by atoms with Gasteiger partial charge in [0.15, 0.2) is 0 Å². The van der Waals surface area contributed by atoms with Crippen LogP contribution in [0.1, 0.15) is 31.2 Å². The van der Waals surface area contributed by atoms with Gasteiger partial charge >= 0.3 is 0 Å². The molecule has 3 atom stereocenters. The quantitative estimate of drug-likeness (QED) is 0.921. The fraction of sp³-hybridized carbons (Fsp3) is 0.625. The molecule has 2 heterocycles. The first kappa shape index (κ1) is 13.4. The standard InChI is InChI=1S/C16H23ClN2/c1-19-14-6-7-15(19)10-12(9-14)16(18)8-11-2-4-13(17)5-3-11/h2-5,12,14-16H,6-10,18H2,1H3. The van der Waals surface area contributed by atoms with E-state index in [1.807, 2.05) is 12.1 Å². The van der Waals surface area contributed by atoms with Crippen molar-refractivity contribution in [2.75, 3.05) is 7.05 Å². The van der Waals surface area contributed by atoms with Crippen LogP contribution in [0.2, 0.25) is 5.02 Å². The lowest BCUT2D eigenvalue weighted by atomic mass is 9.83. The van der Waals surface area contributed by atoms with Crippen LogP contribution in [0, 0.1) is 5.92 Å². The Morgan fingerprint density at radius 3 is 2.37 bits per heavy atom. The summed E-state index contributed by atoms with van der Waals surface area (Å²) in [6.45, 7) is 0. The second-order valence-corrected chi connectivity index (χ2v) is 6.71. The number of halogens is 1. The summed E-state index contributed by atoms with van der Waals surface area (Å²) in [5.41, 5.74) is 7.77. The zero-order valence-corrected chi connectivity index (χ0v) is 12.3. The van der Waals surface area contributed by atoms with Gasteiger partial charge in [-0.25, -0.2) is 0 Å². The van der Waals surface area contributed by atoms with Crippen molar-refractivity contribution in [2.24, 2.45) is 11.7 Å². The minimum atomic E-state index is 0.290. The smallest absolute Gasteiger partial charge is 0.0406 e. The number of hydrogen-bond donors (Lipinski definition) is 1. The van der Waals surface area contributed by atoms with E-state index in [9.17, 15) is 0 Å². The predicted octanol–water partition coefficient (Wildman–Crippen LogP) is 3.08. The second-order valence-electron chi connectivity index (χ2n) is 6.28. The molecule has 3 unspecified atom stereocenters. The Morgan fingerprint density at radius 1 is 1.21 bits per heavy atom. The highest BCUT2D eigenvalue weighted by atomic mass is 35.5. The topological polar surface area (TPSA) is 29.3 Å². The number of hydrogen-bond acceptors (Lipinski definition) is 2. The molecule has 0 amide bonds. The third-order valence-electron chi connectivity index (χ3n) is 5.12. The van der Waals surface area contributed by atoms with E-state index >= 15 is 0 Å². The highest BCUT2D eigenvalue weighted by Crippen LogP contribution is 2.38. The molecule has 2 N–H and O–H groups in total. The molecule has 3 heteroatoms.